The highest BCUT2D eigenvalue weighted by molar-refractivity contribution is 6.30. The van der Waals surface area contributed by atoms with Crippen LogP contribution in [0.25, 0.3) is 0 Å². The first-order valence-electron chi connectivity index (χ1n) is 9.09. The van der Waals surface area contributed by atoms with Crippen molar-refractivity contribution in [1.82, 2.24) is 4.98 Å². The van der Waals surface area contributed by atoms with E-state index in [0.29, 0.717) is 17.1 Å². The molecule has 1 aromatic heterocycles. The molecule has 0 bridgehead atoms. The molecule has 0 unspecified atom stereocenters. The van der Waals surface area contributed by atoms with Gasteiger partial charge in [0.2, 0.25) is 0 Å². The number of halogens is 4. The van der Waals surface area contributed by atoms with Crippen molar-refractivity contribution in [2.45, 2.75) is 31.6 Å². The second kappa shape index (κ2) is 8.13. The van der Waals surface area contributed by atoms with E-state index in [1.165, 1.54) is 23.8 Å². The highest BCUT2D eigenvalue weighted by Gasteiger charge is 2.43. The molecule has 2 N–H and O–H groups in total. The molecule has 1 aromatic carbocycles. The molecule has 0 radical (unpaired) electrons. The van der Waals surface area contributed by atoms with Crippen molar-refractivity contribution in [2.75, 3.05) is 23.4 Å². The summed E-state index contributed by atoms with van der Waals surface area (Å²) in [6.45, 7) is 1.61. The first kappa shape index (κ1) is 21.9. The summed E-state index contributed by atoms with van der Waals surface area (Å²) in [5, 5.41) is 9.90. The SMILES string of the molecule is Cc1cc(C(F)(F)F)c(C#N)c(N2CC[C@@H](N)[C@H]2C(=O)N(C)c2cccc(Cl)c2)n1. The van der Waals surface area contributed by atoms with Gasteiger partial charge in [-0.05, 0) is 37.6 Å². The third-order valence-electron chi connectivity index (χ3n) is 5.04. The molecule has 1 fully saturated rings. The molecule has 6 nitrogen and oxygen atoms in total. The van der Waals surface area contributed by atoms with Gasteiger partial charge in [-0.2, -0.15) is 18.4 Å². The predicted octanol–water partition coefficient (Wildman–Crippen LogP) is 3.50. The standard InChI is InChI=1S/C20H19ClF3N5O/c1-11-8-15(20(22,23)24)14(10-25)18(27-11)29-7-6-16(26)17(29)19(30)28(2)13-5-3-4-12(21)9-13/h3-5,8-9,16-17H,6-7,26H2,1-2H3/t16-,17+/m1/s1. The van der Waals surface area contributed by atoms with Gasteiger partial charge in [0.05, 0.1) is 5.56 Å². The largest absolute Gasteiger partial charge is 0.417 e. The monoisotopic (exact) mass is 437 g/mol. The molecule has 3 rings (SSSR count). The third-order valence-corrected chi connectivity index (χ3v) is 5.28. The Morgan fingerprint density at radius 1 is 1.40 bits per heavy atom. The topological polar surface area (TPSA) is 86.2 Å². The number of pyridine rings is 1. The van der Waals surface area contributed by atoms with E-state index in [2.05, 4.69) is 4.98 Å². The normalized spacial score (nSPS) is 18.9. The van der Waals surface area contributed by atoms with Crippen LogP contribution in [-0.2, 0) is 11.0 Å². The quantitative estimate of drug-likeness (QED) is 0.794. The number of alkyl halides is 3. The van der Waals surface area contributed by atoms with Crippen molar-refractivity contribution in [3.8, 4) is 6.07 Å². The lowest BCUT2D eigenvalue weighted by atomic mass is 10.1. The Hall–Kier alpha value is -2.83. The van der Waals surface area contributed by atoms with Gasteiger partial charge in [-0.3, -0.25) is 4.79 Å². The summed E-state index contributed by atoms with van der Waals surface area (Å²) >= 11 is 6.00. The summed E-state index contributed by atoms with van der Waals surface area (Å²) in [6, 6.07) is 7.44. The molecular formula is C20H19ClF3N5O. The number of hydrogen-bond acceptors (Lipinski definition) is 5. The number of rotatable bonds is 3. The van der Waals surface area contributed by atoms with Gasteiger partial charge in [-0.15, -0.1) is 0 Å². The van der Waals surface area contributed by atoms with E-state index in [-0.39, 0.29) is 18.1 Å². The third kappa shape index (κ3) is 4.06. The smallest absolute Gasteiger partial charge is 0.342 e. The summed E-state index contributed by atoms with van der Waals surface area (Å²) in [4.78, 5) is 20.2. The number of carbonyl (C=O) groups excluding carboxylic acids is 1. The Morgan fingerprint density at radius 2 is 2.10 bits per heavy atom. The van der Waals surface area contributed by atoms with Crippen molar-refractivity contribution in [2.24, 2.45) is 5.73 Å². The van der Waals surface area contributed by atoms with Gasteiger partial charge in [0, 0.05) is 36.0 Å². The van der Waals surface area contributed by atoms with Crippen LogP contribution in [-0.4, -0.2) is 36.6 Å². The molecule has 10 heteroatoms. The molecule has 1 aliphatic rings. The van der Waals surface area contributed by atoms with Gasteiger partial charge in [0.15, 0.2) is 0 Å². The molecule has 0 saturated carbocycles. The molecule has 1 saturated heterocycles. The van der Waals surface area contributed by atoms with Crippen LogP contribution in [0.15, 0.2) is 30.3 Å². The molecule has 1 aliphatic heterocycles. The summed E-state index contributed by atoms with van der Waals surface area (Å²) < 4.78 is 40.5. The van der Waals surface area contributed by atoms with Crippen LogP contribution < -0.4 is 15.5 Å². The van der Waals surface area contributed by atoms with Crippen LogP contribution in [0.1, 0.15) is 23.2 Å². The van der Waals surface area contributed by atoms with E-state index in [4.69, 9.17) is 17.3 Å². The van der Waals surface area contributed by atoms with Crippen LogP contribution in [0.2, 0.25) is 5.02 Å². The Morgan fingerprint density at radius 3 is 2.70 bits per heavy atom. The number of nitrogens with two attached hydrogens (primary N) is 1. The maximum Gasteiger partial charge on any atom is 0.417 e. The molecule has 2 atom stereocenters. The molecule has 0 aliphatic carbocycles. The van der Waals surface area contributed by atoms with Crippen LogP contribution >= 0.6 is 11.6 Å². The number of hydrogen-bond donors (Lipinski definition) is 1. The van der Waals surface area contributed by atoms with Gasteiger partial charge in [-0.25, -0.2) is 4.98 Å². The average molecular weight is 438 g/mol. The average Bonchev–Trinajstić information content (AvgIpc) is 3.06. The highest BCUT2D eigenvalue weighted by Crippen LogP contribution is 2.37. The Labute approximate surface area is 176 Å². The second-order valence-corrected chi connectivity index (χ2v) is 7.52. The van der Waals surface area contributed by atoms with Crippen molar-refractivity contribution in [3.63, 3.8) is 0 Å². The van der Waals surface area contributed by atoms with E-state index in [1.807, 2.05) is 0 Å². The van der Waals surface area contributed by atoms with Crippen LogP contribution in [0.3, 0.4) is 0 Å². The molecule has 2 aromatic rings. The van der Waals surface area contributed by atoms with Gasteiger partial charge in [-0.1, -0.05) is 17.7 Å². The number of benzene rings is 1. The zero-order valence-corrected chi connectivity index (χ0v) is 17.0. The molecule has 2 heterocycles. The van der Waals surface area contributed by atoms with Crippen LogP contribution in [0.4, 0.5) is 24.7 Å². The number of likely N-dealkylation sites (N-methyl/N-ethyl adjacent to an activating group) is 1. The summed E-state index contributed by atoms with van der Waals surface area (Å²) in [7, 11) is 1.53. The first-order chi connectivity index (χ1) is 14.0. The molecule has 158 valence electrons. The molecule has 0 spiro atoms. The number of nitriles is 1. The highest BCUT2D eigenvalue weighted by atomic mass is 35.5. The fourth-order valence-electron chi connectivity index (χ4n) is 3.58. The van der Waals surface area contributed by atoms with E-state index >= 15 is 0 Å². The minimum absolute atomic E-state index is 0.0891. The van der Waals surface area contributed by atoms with Crippen molar-refractivity contribution < 1.29 is 18.0 Å². The number of anilines is 2. The van der Waals surface area contributed by atoms with E-state index in [9.17, 15) is 23.2 Å². The lowest BCUT2D eigenvalue weighted by Gasteiger charge is -2.31. The van der Waals surface area contributed by atoms with Crippen molar-refractivity contribution in [1.29, 1.82) is 5.26 Å². The number of nitrogens with zero attached hydrogens (tertiary/aromatic N) is 4. The number of aryl methyl sites for hydroxylation is 1. The second-order valence-electron chi connectivity index (χ2n) is 7.09. The number of carbonyl (C=O) groups is 1. The summed E-state index contributed by atoms with van der Waals surface area (Å²) in [6.07, 6.45) is -4.37. The number of amides is 1. The van der Waals surface area contributed by atoms with Crippen LogP contribution in [0.5, 0.6) is 0 Å². The Bertz CT molecular complexity index is 1020. The van der Waals surface area contributed by atoms with E-state index < -0.39 is 35.3 Å². The molecular weight excluding hydrogens is 419 g/mol. The molecule has 30 heavy (non-hydrogen) atoms. The Balaban J connectivity index is 2.05. The zero-order valence-electron chi connectivity index (χ0n) is 16.2. The van der Waals surface area contributed by atoms with Gasteiger partial charge < -0.3 is 15.5 Å². The number of aromatic nitrogens is 1. The van der Waals surface area contributed by atoms with E-state index in [0.717, 1.165) is 6.07 Å². The molecule has 1 amide bonds. The maximum atomic E-state index is 13.5. The minimum Gasteiger partial charge on any atom is -0.342 e. The van der Waals surface area contributed by atoms with Gasteiger partial charge >= 0.3 is 6.18 Å². The zero-order chi connectivity index (χ0) is 22.2. The lowest BCUT2D eigenvalue weighted by molar-refractivity contribution is -0.137. The fourth-order valence-corrected chi connectivity index (χ4v) is 3.76. The fraction of sp³-hybridized carbons (Fsp3) is 0.350. The van der Waals surface area contributed by atoms with Gasteiger partial charge in [0.25, 0.3) is 5.91 Å². The predicted molar refractivity (Wildman–Crippen MR) is 107 cm³/mol. The summed E-state index contributed by atoms with van der Waals surface area (Å²) in [5.74, 6) is -0.612. The maximum absolute atomic E-state index is 13.5. The van der Waals surface area contributed by atoms with Crippen molar-refractivity contribution >= 4 is 29.0 Å². The minimum atomic E-state index is -4.73. The van der Waals surface area contributed by atoms with Crippen molar-refractivity contribution in [3.05, 3.63) is 52.2 Å². The van der Waals surface area contributed by atoms with Crippen LogP contribution in [0, 0.1) is 18.3 Å². The van der Waals surface area contributed by atoms with E-state index in [1.54, 1.807) is 30.3 Å². The lowest BCUT2D eigenvalue weighted by Crippen LogP contribution is -2.52. The summed E-state index contributed by atoms with van der Waals surface area (Å²) in [5.41, 5.74) is 5.06. The first-order valence-corrected chi connectivity index (χ1v) is 9.46. The van der Waals surface area contributed by atoms with Gasteiger partial charge in [0.1, 0.15) is 23.5 Å². The Kier molecular flexibility index (Phi) is 5.92.